The van der Waals surface area contributed by atoms with Gasteiger partial charge in [-0.2, -0.15) is 0 Å². The first-order valence-electron chi connectivity index (χ1n) is 4.69. The van der Waals surface area contributed by atoms with Crippen molar-refractivity contribution in [2.45, 2.75) is 19.8 Å². The molecule has 3 nitrogen and oxygen atoms in total. The summed E-state index contributed by atoms with van der Waals surface area (Å²) in [5.74, 6) is 0.419. The van der Waals surface area contributed by atoms with E-state index in [0.29, 0.717) is 18.6 Å². The predicted octanol–water partition coefficient (Wildman–Crippen LogP) is 2.38. The van der Waals surface area contributed by atoms with Gasteiger partial charge in [0.25, 0.3) is 0 Å². The van der Waals surface area contributed by atoms with Crippen LogP contribution in [0.25, 0.3) is 0 Å². The van der Waals surface area contributed by atoms with Gasteiger partial charge in [-0.15, -0.1) is 0 Å². The smallest absolute Gasteiger partial charge is 0.157 e. The summed E-state index contributed by atoms with van der Waals surface area (Å²) in [6.07, 6.45) is 2.58. The molecule has 0 saturated heterocycles. The first-order chi connectivity index (χ1) is 6.79. The Bertz CT molecular complexity index is 307. The molecule has 0 aliphatic rings. The van der Waals surface area contributed by atoms with E-state index in [1.165, 1.54) is 6.07 Å². The molecule has 1 N–H and O–H groups in total. The average molecular weight is 194 g/mol. The molecular formula is C11H14O3. The molecule has 0 aliphatic carbocycles. The molecule has 0 atom stereocenters. The summed E-state index contributed by atoms with van der Waals surface area (Å²) in [6, 6.07) is 4.80. The molecule has 76 valence electrons. The molecule has 0 aliphatic heterocycles. The van der Waals surface area contributed by atoms with Gasteiger partial charge in [0.05, 0.1) is 12.2 Å². The number of phenols is 1. The summed E-state index contributed by atoms with van der Waals surface area (Å²) in [7, 11) is 0. The standard InChI is InChI=1S/C11H14O3/c1-2-3-7-14-11-6-4-5-10(13)9(11)8-12/h4-6,8,13H,2-3,7H2,1H3. The molecule has 0 spiro atoms. The lowest BCUT2D eigenvalue weighted by Crippen LogP contribution is -1.99. The second-order valence-corrected chi connectivity index (χ2v) is 3.01. The maximum absolute atomic E-state index is 10.6. The van der Waals surface area contributed by atoms with Crippen LogP contribution >= 0.6 is 0 Å². The summed E-state index contributed by atoms with van der Waals surface area (Å²) in [5.41, 5.74) is 0.226. The van der Waals surface area contributed by atoms with Crippen molar-refractivity contribution in [3.05, 3.63) is 23.8 Å². The summed E-state index contributed by atoms with van der Waals surface area (Å²) < 4.78 is 5.36. The number of rotatable bonds is 5. The molecule has 0 bridgehead atoms. The van der Waals surface area contributed by atoms with Crippen molar-refractivity contribution < 1.29 is 14.6 Å². The Morgan fingerprint density at radius 3 is 2.93 bits per heavy atom. The normalized spacial score (nSPS) is 9.79. The number of phenolic OH excluding ortho intramolecular Hbond substituents is 1. The van der Waals surface area contributed by atoms with Crippen molar-refractivity contribution in [2.75, 3.05) is 6.61 Å². The van der Waals surface area contributed by atoms with Crippen LogP contribution in [0.2, 0.25) is 0 Å². The number of aromatic hydroxyl groups is 1. The molecule has 1 aromatic carbocycles. The predicted molar refractivity (Wildman–Crippen MR) is 53.9 cm³/mol. The minimum atomic E-state index is -0.0333. The summed E-state index contributed by atoms with van der Waals surface area (Å²) in [5, 5.41) is 9.34. The van der Waals surface area contributed by atoms with Crippen molar-refractivity contribution >= 4 is 6.29 Å². The first-order valence-corrected chi connectivity index (χ1v) is 4.69. The molecule has 0 unspecified atom stereocenters. The molecule has 0 aromatic heterocycles. The van der Waals surface area contributed by atoms with Gasteiger partial charge in [0.15, 0.2) is 6.29 Å². The van der Waals surface area contributed by atoms with Gasteiger partial charge in [-0.3, -0.25) is 4.79 Å². The monoisotopic (exact) mass is 194 g/mol. The SMILES string of the molecule is CCCCOc1cccc(O)c1C=O. The van der Waals surface area contributed by atoms with E-state index < -0.39 is 0 Å². The van der Waals surface area contributed by atoms with Crippen LogP contribution in [0.5, 0.6) is 11.5 Å². The van der Waals surface area contributed by atoms with Crippen LogP contribution in [0.15, 0.2) is 18.2 Å². The maximum atomic E-state index is 10.6. The van der Waals surface area contributed by atoms with Gasteiger partial charge in [-0.25, -0.2) is 0 Å². The van der Waals surface area contributed by atoms with Crippen LogP contribution in [0.1, 0.15) is 30.1 Å². The highest BCUT2D eigenvalue weighted by Crippen LogP contribution is 2.25. The van der Waals surface area contributed by atoms with Gasteiger partial charge in [-0.05, 0) is 18.6 Å². The average Bonchev–Trinajstić information content (AvgIpc) is 2.18. The van der Waals surface area contributed by atoms with Gasteiger partial charge in [0.1, 0.15) is 11.5 Å². The molecule has 0 fully saturated rings. The van der Waals surface area contributed by atoms with E-state index >= 15 is 0 Å². The maximum Gasteiger partial charge on any atom is 0.157 e. The van der Waals surface area contributed by atoms with Gasteiger partial charge in [0, 0.05) is 0 Å². The Morgan fingerprint density at radius 2 is 2.29 bits per heavy atom. The second kappa shape index (κ2) is 5.27. The molecule has 1 aromatic rings. The van der Waals surface area contributed by atoms with E-state index in [9.17, 15) is 9.90 Å². The van der Waals surface area contributed by atoms with E-state index in [4.69, 9.17) is 4.74 Å². The quantitative estimate of drug-likeness (QED) is 0.578. The number of aldehydes is 1. The minimum Gasteiger partial charge on any atom is -0.507 e. The number of carbonyl (C=O) groups is 1. The Balaban J connectivity index is 2.75. The van der Waals surface area contributed by atoms with Crippen LogP contribution in [0, 0.1) is 0 Å². The lowest BCUT2D eigenvalue weighted by Gasteiger charge is -2.08. The fourth-order valence-corrected chi connectivity index (χ4v) is 1.10. The minimum absolute atomic E-state index is 0.0333. The molecule has 1 rings (SSSR count). The van der Waals surface area contributed by atoms with E-state index in [1.54, 1.807) is 12.1 Å². The molecule has 0 saturated carbocycles. The van der Waals surface area contributed by atoms with Crippen molar-refractivity contribution in [1.82, 2.24) is 0 Å². The van der Waals surface area contributed by atoms with Gasteiger partial charge < -0.3 is 9.84 Å². The van der Waals surface area contributed by atoms with E-state index in [2.05, 4.69) is 6.92 Å². The number of benzene rings is 1. The van der Waals surface area contributed by atoms with Gasteiger partial charge in [0.2, 0.25) is 0 Å². The van der Waals surface area contributed by atoms with E-state index in [0.717, 1.165) is 12.8 Å². The van der Waals surface area contributed by atoms with Crippen LogP contribution in [0.4, 0.5) is 0 Å². The molecule has 0 radical (unpaired) electrons. The van der Waals surface area contributed by atoms with Crippen LogP contribution in [-0.4, -0.2) is 18.0 Å². The van der Waals surface area contributed by atoms with Gasteiger partial charge in [-0.1, -0.05) is 19.4 Å². The number of carbonyl (C=O) groups excluding carboxylic acids is 1. The zero-order valence-electron chi connectivity index (χ0n) is 8.19. The molecule has 14 heavy (non-hydrogen) atoms. The first kappa shape index (κ1) is 10.6. The van der Waals surface area contributed by atoms with Crippen molar-refractivity contribution in [1.29, 1.82) is 0 Å². The largest absolute Gasteiger partial charge is 0.507 e. The summed E-state index contributed by atoms with van der Waals surface area (Å²) in [4.78, 5) is 10.6. The van der Waals surface area contributed by atoms with Crippen molar-refractivity contribution in [2.24, 2.45) is 0 Å². The van der Waals surface area contributed by atoms with E-state index in [1.807, 2.05) is 0 Å². The molecule has 3 heteroatoms. The zero-order valence-corrected chi connectivity index (χ0v) is 8.19. The fraction of sp³-hybridized carbons (Fsp3) is 0.364. The lowest BCUT2D eigenvalue weighted by molar-refractivity contribution is 0.111. The molecular weight excluding hydrogens is 180 g/mol. The second-order valence-electron chi connectivity index (χ2n) is 3.01. The number of unbranched alkanes of at least 4 members (excludes halogenated alkanes) is 1. The fourth-order valence-electron chi connectivity index (χ4n) is 1.10. The highest BCUT2D eigenvalue weighted by molar-refractivity contribution is 5.83. The summed E-state index contributed by atoms with van der Waals surface area (Å²) >= 11 is 0. The third-order valence-electron chi connectivity index (χ3n) is 1.92. The summed E-state index contributed by atoms with van der Waals surface area (Å²) in [6.45, 7) is 2.63. The van der Waals surface area contributed by atoms with Crippen molar-refractivity contribution in [3.63, 3.8) is 0 Å². The number of hydrogen-bond donors (Lipinski definition) is 1. The Hall–Kier alpha value is -1.51. The Kier molecular flexibility index (Phi) is 3.98. The number of hydrogen-bond acceptors (Lipinski definition) is 3. The van der Waals surface area contributed by atoms with Gasteiger partial charge >= 0.3 is 0 Å². The highest BCUT2D eigenvalue weighted by Gasteiger charge is 2.06. The number of ether oxygens (including phenoxy) is 1. The highest BCUT2D eigenvalue weighted by atomic mass is 16.5. The molecule has 0 heterocycles. The lowest BCUT2D eigenvalue weighted by atomic mass is 10.2. The molecule has 0 amide bonds. The Labute approximate surface area is 83.3 Å². The van der Waals surface area contributed by atoms with Crippen LogP contribution in [-0.2, 0) is 0 Å². The third-order valence-corrected chi connectivity index (χ3v) is 1.92. The van der Waals surface area contributed by atoms with Crippen LogP contribution in [0.3, 0.4) is 0 Å². The topological polar surface area (TPSA) is 46.5 Å². The van der Waals surface area contributed by atoms with Crippen LogP contribution < -0.4 is 4.74 Å². The third kappa shape index (κ3) is 2.49. The van der Waals surface area contributed by atoms with Crippen molar-refractivity contribution in [3.8, 4) is 11.5 Å². The Morgan fingerprint density at radius 1 is 1.50 bits per heavy atom. The zero-order chi connectivity index (χ0) is 10.4. The van der Waals surface area contributed by atoms with E-state index in [-0.39, 0.29) is 11.3 Å².